The van der Waals surface area contributed by atoms with Gasteiger partial charge in [0.1, 0.15) is 0 Å². The number of benzene rings is 2. The van der Waals surface area contributed by atoms with Crippen molar-refractivity contribution in [3.05, 3.63) is 87.7 Å². The van der Waals surface area contributed by atoms with E-state index in [9.17, 15) is 9.59 Å². The van der Waals surface area contributed by atoms with Gasteiger partial charge in [0.2, 0.25) is 5.95 Å². The number of hydrogen-bond donors (Lipinski definition) is 1. The van der Waals surface area contributed by atoms with Crippen molar-refractivity contribution in [1.82, 2.24) is 9.97 Å². The number of amides is 1. The fraction of sp³-hybridized carbons (Fsp3) is 0.182. The minimum absolute atomic E-state index is 0.0239. The molecular formula is C22H18ClN3O2. The van der Waals surface area contributed by atoms with Gasteiger partial charge in [-0.05, 0) is 37.0 Å². The molecule has 0 unspecified atom stereocenters. The number of nitrogens with one attached hydrogen (secondary N) is 1. The maximum atomic E-state index is 12.6. The monoisotopic (exact) mass is 391 g/mol. The number of carbonyl (C=O) groups excluding carboxylic acids is 2. The first-order chi connectivity index (χ1) is 13.5. The van der Waals surface area contributed by atoms with Crippen molar-refractivity contribution in [2.24, 2.45) is 0 Å². The molecule has 3 aromatic rings. The lowest BCUT2D eigenvalue weighted by atomic mass is 9.82. The van der Waals surface area contributed by atoms with Crippen LogP contribution in [0, 0.1) is 6.92 Å². The van der Waals surface area contributed by atoms with Crippen LogP contribution in [-0.4, -0.2) is 21.7 Å². The summed E-state index contributed by atoms with van der Waals surface area (Å²) in [5.41, 5.74) is 3.83. The predicted molar refractivity (Wildman–Crippen MR) is 108 cm³/mol. The molecule has 0 bridgehead atoms. The number of fused-ring (bicyclic) bond motifs is 1. The van der Waals surface area contributed by atoms with Crippen LogP contribution in [0.3, 0.4) is 0 Å². The van der Waals surface area contributed by atoms with Gasteiger partial charge in [0.15, 0.2) is 5.78 Å². The third kappa shape index (κ3) is 3.66. The normalized spacial score (nSPS) is 15.8. The average molecular weight is 392 g/mol. The Hall–Kier alpha value is -3.05. The molecule has 1 N–H and O–H groups in total. The van der Waals surface area contributed by atoms with Gasteiger partial charge >= 0.3 is 0 Å². The van der Waals surface area contributed by atoms with Gasteiger partial charge in [-0.15, -0.1) is 0 Å². The van der Waals surface area contributed by atoms with E-state index >= 15 is 0 Å². The number of nitrogens with zero attached hydrogens (tertiary/aromatic N) is 2. The van der Waals surface area contributed by atoms with E-state index in [1.807, 2.05) is 19.1 Å². The molecule has 0 saturated heterocycles. The Kier molecular flexibility index (Phi) is 4.92. The number of aromatic nitrogens is 2. The molecule has 1 aliphatic rings. The van der Waals surface area contributed by atoms with Gasteiger partial charge in [0.05, 0.1) is 21.8 Å². The van der Waals surface area contributed by atoms with E-state index in [4.69, 9.17) is 11.6 Å². The number of halogens is 1. The summed E-state index contributed by atoms with van der Waals surface area (Å²) < 4.78 is 0. The van der Waals surface area contributed by atoms with Gasteiger partial charge in [0, 0.05) is 12.6 Å². The third-order valence-electron chi connectivity index (χ3n) is 4.93. The minimum atomic E-state index is -0.386. The maximum Gasteiger partial charge on any atom is 0.259 e. The standard InChI is InChI=1S/C22H18ClN3O2/c1-13-6-8-14(9-7-13)15-10-19-17(20(27)11-15)12-24-22(25-19)26-21(28)16-4-2-3-5-18(16)23/h2-9,12,15H,10-11H2,1H3,(H,24,25,26,28)/t15-/m1/s1. The lowest BCUT2D eigenvalue weighted by Gasteiger charge is -2.23. The molecule has 1 amide bonds. The summed E-state index contributed by atoms with van der Waals surface area (Å²) in [5, 5.41) is 3.02. The van der Waals surface area contributed by atoms with Crippen molar-refractivity contribution in [2.45, 2.75) is 25.7 Å². The van der Waals surface area contributed by atoms with E-state index in [1.165, 1.54) is 11.8 Å². The smallest absolute Gasteiger partial charge is 0.259 e. The molecule has 0 fully saturated rings. The van der Waals surface area contributed by atoms with Crippen molar-refractivity contribution in [1.29, 1.82) is 0 Å². The lowest BCUT2D eigenvalue weighted by molar-refractivity contribution is 0.0962. The van der Waals surface area contributed by atoms with Crippen LogP contribution in [0.5, 0.6) is 0 Å². The number of anilines is 1. The molecule has 0 aliphatic heterocycles. The second-order valence-electron chi connectivity index (χ2n) is 6.93. The average Bonchev–Trinajstić information content (AvgIpc) is 2.68. The largest absolute Gasteiger partial charge is 0.294 e. The second-order valence-corrected chi connectivity index (χ2v) is 7.33. The highest BCUT2D eigenvalue weighted by atomic mass is 35.5. The second kappa shape index (κ2) is 7.52. The molecule has 28 heavy (non-hydrogen) atoms. The van der Waals surface area contributed by atoms with E-state index < -0.39 is 0 Å². The van der Waals surface area contributed by atoms with Crippen LogP contribution >= 0.6 is 11.6 Å². The van der Waals surface area contributed by atoms with Crippen LogP contribution in [-0.2, 0) is 6.42 Å². The van der Waals surface area contributed by atoms with Crippen LogP contribution in [0.15, 0.2) is 54.7 Å². The van der Waals surface area contributed by atoms with Crippen molar-refractivity contribution in [2.75, 3.05) is 5.32 Å². The number of carbonyl (C=O) groups is 2. The molecule has 0 radical (unpaired) electrons. The molecule has 4 rings (SSSR count). The predicted octanol–water partition coefficient (Wildman–Crippen LogP) is 4.60. The highest BCUT2D eigenvalue weighted by Crippen LogP contribution is 2.32. The van der Waals surface area contributed by atoms with Crippen LogP contribution in [0.2, 0.25) is 5.02 Å². The quantitative estimate of drug-likeness (QED) is 0.708. The maximum absolute atomic E-state index is 12.6. The Bertz CT molecular complexity index is 1060. The van der Waals surface area contributed by atoms with Crippen molar-refractivity contribution < 1.29 is 9.59 Å². The molecule has 1 heterocycles. The van der Waals surface area contributed by atoms with E-state index in [2.05, 4.69) is 27.4 Å². The summed E-state index contributed by atoms with van der Waals surface area (Å²) in [4.78, 5) is 33.6. The Morgan fingerprint density at radius 2 is 1.86 bits per heavy atom. The minimum Gasteiger partial charge on any atom is -0.294 e. The van der Waals surface area contributed by atoms with E-state index in [-0.39, 0.29) is 23.6 Å². The van der Waals surface area contributed by atoms with Crippen LogP contribution in [0.1, 0.15) is 49.9 Å². The third-order valence-corrected chi connectivity index (χ3v) is 5.26. The summed E-state index contributed by atoms with van der Waals surface area (Å²) in [6, 6.07) is 15.0. The molecule has 1 aliphatic carbocycles. The molecular weight excluding hydrogens is 374 g/mol. The Morgan fingerprint density at radius 1 is 1.11 bits per heavy atom. The summed E-state index contributed by atoms with van der Waals surface area (Å²) in [6.07, 6.45) is 2.56. The lowest BCUT2D eigenvalue weighted by Crippen LogP contribution is -2.22. The summed E-state index contributed by atoms with van der Waals surface area (Å²) in [6.45, 7) is 2.03. The zero-order valence-corrected chi connectivity index (χ0v) is 16.0. The molecule has 2 aromatic carbocycles. The zero-order chi connectivity index (χ0) is 19.7. The zero-order valence-electron chi connectivity index (χ0n) is 15.3. The number of Topliss-reactive ketones (excluding diaryl/α,β-unsaturated/α-hetero) is 1. The molecule has 5 nitrogen and oxygen atoms in total. The Morgan fingerprint density at radius 3 is 2.61 bits per heavy atom. The first kappa shape index (κ1) is 18.3. The number of ketones is 1. The first-order valence-corrected chi connectivity index (χ1v) is 9.40. The first-order valence-electron chi connectivity index (χ1n) is 9.03. The highest BCUT2D eigenvalue weighted by molar-refractivity contribution is 6.34. The van der Waals surface area contributed by atoms with E-state index in [0.29, 0.717) is 34.7 Å². The van der Waals surface area contributed by atoms with Gasteiger partial charge in [-0.25, -0.2) is 9.97 Å². The van der Waals surface area contributed by atoms with E-state index in [1.54, 1.807) is 24.3 Å². The molecule has 0 saturated carbocycles. The van der Waals surface area contributed by atoms with Gasteiger partial charge in [-0.3, -0.25) is 14.9 Å². The highest BCUT2D eigenvalue weighted by Gasteiger charge is 2.28. The number of hydrogen-bond acceptors (Lipinski definition) is 4. The Labute approximate surface area is 167 Å². The topological polar surface area (TPSA) is 72.0 Å². The molecule has 140 valence electrons. The van der Waals surface area contributed by atoms with Crippen LogP contribution in [0.4, 0.5) is 5.95 Å². The number of rotatable bonds is 3. The fourth-order valence-electron chi connectivity index (χ4n) is 3.39. The Balaban J connectivity index is 1.58. The van der Waals surface area contributed by atoms with Crippen molar-refractivity contribution in [3.8, 4) is 0 Å². The van der Waals surface area contributed by atoms with Gasteiger partial charge < -0.3 is 0 Å². The van der Waals surface area contributed by atoms with Gasteiger partial charge in [0.25, 0.3) is 5.91 Å². The summed E-state index contributed by atoms with van der Waals surface area (Å²) >= 11 is 6.07. The van der Waals surface area contributed by atoms with Crippen molar-refractivity contribution >= 4 is 29.2 Å². The fourth-order valence-corrected chi connectivity index (χ4v) is 3.62. The van der Waals surface area contributed by atoms with Gasteiger partial charge in [-0.2, -0.15) is 0 Å². The van der Waals surface area contributed by atoms with Gasteiger partial charge in [-0.1, -0.05) is 53.6 Å². The molecule has 1 aromatic heterocycles. The number of aryl methyl sites for hydroxylation is 1. The van der Waals surface area contributed by atoms with Crippen LogP contribution < -0.4 is 5.32 Å². The molecule has 1 atom stereocenters. The molecule has 0 spiro atoms. The summed E-state index contributed by atoms with van der Waals surface area (Å²) in [7, 11) is 0. The van der Waals surface area contributed by atoms with E-state index in [0.717, 1.165) is 5.56 Å². The molecule has 6 heteroatoms. The van der Waals surface area contributed by atoms with Crippen molar-refractivity contribution in [3.63, 3.8) is 0 Å². The summed E-state index contributed by atoms with van der Waals surface area (Å²) in [5.74, 6) is -0.123. The SMILES string of the molecule is Cc1ccc([C@H]2CC(=O)c3cnc(NC(=O)c4ccccc4Cl)nc3C2)cc1. The van der Waals surface area contributed by atoms with Crippen LogP contribution in [0.25, 0.3) is 0 Å².